The van der Waals surface area contributed by atoms with E-state index in [4.69, 9.17) is 18.9 Å². The molecular weight excluding hydrogens is 1090 g/mol. The summed E-state index contributed by atoms with van der Waals surface area (Å²) in [5, 5.41) is 45.9. The molecule has 0 bridgehead atoms. The van der Waals surface area contributed by atoms with Crippen LogP contribution in [0.2, 0.25) is 0 Å². The van der Waals surface area contributed by atoms with E-state index >= 15 is 0 Å². The van der Waals surface area contributed by atoms with Crippen LogP contribution in [0, 0.1) is 0 Å². The van der Waals surface area contributed by atoms with Crippen molar-refractivity contribution in [3.8, 4) is 11.5 Å². The summed E-state index contributed by atoms with van der Waals surface area (Å²) in [7, 11) is 7.98. The van der Waals surface area contributed by atoms with Crippen LogP contribution in [0.1, 0.15) is 19.3 Å². The highest BCUT2D eigenvalue weighted by Gasteiger charge is 2.10. The Hall–Kier alpha value is -10.8. The largest absolute Gasteiger partial charge is 0.490 e. The van der Waals surface area contributed by atoms with Crippen LogP contribution in [0.4, 0.5) is 67.7 Å². The number of hydrogen-bond donors (Lipinski definition) is 0. The van der Waals surface area contributed by atoms with E-state index in [2.05, 4.69) is 69.3 Å². The van der Waals surface area contributed by atoms with E-state index in [0.29, 0.717) is 57.9 Å². The van der Waals surface area contributed by atoms with Crippen LogP contribution in [-0.4, -0.2) is 70.9 Å². The Labute approximate surface area is 495 Å². The standard InChI is InChI=1S/C38H35N7O4.C26H24N6O3S/c1-4-37(46)48-26-8-7-11-38(47)49-32-22-18-30(19-23-32)40-39-27-12-14-28(15-13-27)41-43-35-24-25-36(34-10-6-5-9-33(34)35)44-42-29-16-20-31(21-17-29)45(2)3;1-4-25(33)35-16-15-34-22-13-14-23-24(17-22)36-26(27-23)31-30-19-7-5-18(6-8-19)28-29-20-9-11-21(12-10-20)32(2)3/h4-6,9-10,12-25H,1,7-8,11,26H2,2-3H3;4-14,17H,1,15-16H2,2-3H3. The van der Waals surface area contributed by atoms with Gasteiger partial charge in [0, 0.05) is 68.9 Å². The fraction of sp³-hybridized carbons (Fsp3) is 0.156. The third kappa shape index (κ3) is 18.9. The molecule has 0 fully saturated rings. The van der Waals surface area contributed by atoms with Crippen LogP contribution in [0.3, 0.4) is 0 Å². The first-order valence-electron chi connectivity index (χ1n) is 26.7. The van der Waals surface area contributed by atoms with E-state index < -0.39 is 11.9 Å². The molecule has 1 aromatic heterocycles. The molecule has 0 spiro atoms. The van der Waals surface area contributed by atoms with Gasteiger partial charge in [-0.2, -0.15) is 30.7 Å². The number of ether oxygens (including phenoxy) is 4. The fourth-order valence-electron chi connectivity index (χ4n) is 7.56. The van der Waals surface area contributed by atoms with Crippen LogP contribution in [0.5, 0.6) is 11.5 Å². The molecule has 1 heterocycles. The maximum absolute atomic E-state index is 12.1. The molecule has 0 unspecified atom stereocenters. The maximum atomic E-state index is 12.1. The number of fused-ring (bicyclic) bond motifs is 2. The molecule has 0 radical (unpaired) electrons. The van der Waals surface area contributed by atoms with Crippen molar-refractivity contribution in [3.63, 3.8) is 0 Å². The van der Waals surface area contributed by atoms with Gasteiger partial charge in [-0.3, -0.25) is 4.79 Å². The lowest BCUT2D eigenvalue weighted by atomic mass is 10.1. The van der Waals surface area contributed by atoms with Gasteiger partial charge in [0.1, 0.15) is 24.7 Å². The molecule has 0 aliphatic heterocycles. The Kier molecular flexibility index (Phi) is 21.9. The van der Waals surface area contributed by atoms with Crippen molar-refractivity contribution in [2.75, 3.05) is 57.8 Å². The summed E-state index contributed by atoms with van der Waals surface area (Å²) >= 11 is 1.40. The zero-order chi connectivity index (χ0) is 59.8. The number of carbonyl (C=O) groups is 3. The number of rotatable bonds is 24. The van der Waals surface area contributed by atoms with Crippen molar-refractivity contribution in [2.45, 2.75) is 19.3 Å². The number of nitrogens with zero attached hydrogens (tertiary/aromatic N) is 13. The second kappa shape index (κ2) is 30.9. The zero-order valence-corrected chi connectivity index (χ0v) is 48.0. The summed E-state index contributed by atoms with van der Waals surface area (Å²) in [4.78, 5) is 42.7. The average molecular weight is 1150 g/mol. The van der Waals surface area contributed by atoms with Gasteiger partial charge in [-0.15, -0.1) is 20.5 Å². The van der Waals surface area contributed by atoms with Gasteiger partial charge >= 0.3 is 17.9 Å². The SMILES string of the molecule is C=CC(=O)OCCCCC(=O)Oc1ccc(N=Nc2ccc(N=Nc3ccc(N=Nc4ccc(N(C)C)cc4)c4ccccc34)cc2)cc1.C=CC(=O)OCCOc1ccc2nc(N=Nc3ccc(N=Nc4ccc(N(C)C)cc4)cc3)sc2c1. The van der Waals surface area contributed by atoms with E-state index in [1.165, 1.54) is 11.3 Å². The number of azo groups is 5. The first-order chi connectivity index (χ1) is 41.4. The number of aromatic nitrogens is 1. The molecule has 21 heteroatoms. The summed E-state index contributed by atoms with van der Waals surface area (Å²) in [5.74, 6) is -0.251. The summed E-state index contributed by atoms with van der Waals surface area (Å²) < 4.78 is 21.7. The number of benzene rings is 8. The molecule has 0 aliphatic rings. The topological polar surface area (TPSA) is 231 Å². The zero-order valence-electron chi connectivity index (χ0n) is 47.1. The van der Waals surface area contributed by atoms with Crippen molar-refractivity contribution in [2.24, 2.45) is 51.1 Å². The number of unbranched alkanes of at least 4 members (excludes halogenated alkanes) is 1. The van der Waals surface area contributed by atoms with Crippen molar-refractivity contribution in [1.82, 2.24) is 4.98 Å². The molecule has 428 valence electrons. The van der Waals surface area contributed by atoms with Crippen molar-refractivity contribution >= 4 is 118 Å². The van der Waals surface area contributed by atoms with E-state index in [-0.39, 0.29) is 32.2 Å². The summed E-state index contributed by atoms with van der Waals surface area (Å²) in [6.07, 6.45) is 3.54. The van der Waals surface area contributed by atoms with Gasteiger partial charge in [0.05, 0.1) is 68.0 Å². The number of hydrogen-bond acceptors (Lipinski definition) is 21. The summed E-state index contributed by atoms with van der Waals surface area (Å²) in [5.41, 5.74) is 9.33. The maximum Gasteiger partial charge on any atom is 0.330 e. The number of anilines is 2. The molecule has 0 N–H and O–H groups in total. The Morgan fingerprint density at radius 2 is 0.882 bits per heavy atom. The molecule has 0 aliphatic carbocycles. The molecule has 0 atom stereocenters. The molecular formula is C64H59N13O7S. The normalized spacial score (nSPS) is 11.3. The van der Waals surface area contributed by atoms with E-state index in [0.717, 1.165) is 67.3 Å². The lowest BCUT2D eigenvalue weighted by Gasteiger charge is -2.11. The Morgan fingerprint density at radius 3 is 1.34 bits per heavy atom. The van der Waals surface area contributed by atoms with Gasteiger partial charge in [0.25, 0.3) is 0 Å². The minimum absolute atomic E-state index is 0.148. The van der Waals surface area contributed by atoms with Gasteiger partial charge < -0.3 is 28.7 Å². The third-order valence-electron chi connectivity index (χ3n) is 12.0. The Morgan fingerprint density at radius 1 is 0.471 bits per heavy atom. The highest BCUT2D eigenvalue weighted by atomic mass is 32.1. The van der Waals surface area contributed by atoms with Crippen molar-refractivity contribution < 1.29 is 33.3 Å². The van der Waals surface area contributed by atoms with Gasteiger partial charge in [-0.25, -0.2) is 14.6 Å². The summed E-state index contributed by atoms with van der Waals surface area (Å²) in [6, 6.07) is 54.2. The molecule has 9 rings (SSSR count). The predicted molar refractivity (Wildman–Crippen MR) is 333 cm³/mol. The molecule has 85 heavy (non-hydrogen) atoms. The molecule has 0 saturated heterocycles. The highest BCUT2D eigenvalue weighted by Crippen LogP contribution is 2.37. The van der Waals surface area contributed by atoms with E-state index in [1.807, 2.05) is 178 Å². The lowest BCUT2D eigenvalue weighted by Crippen LogP contribution is -2.10. The first kappa shape index (κ1) is 60.3. The fourth-order valence-corrected chi connectivity index (χ4v) is 8.37. The second-order valence-corrected chi connectivity index (χ2v) is 19.7. The van der Waals surface area contributed by atoms with Gasteiger partial charge in [-0.1, -0.05) is 48.8 Å². The monoisotopic (exact) mass is 1150 g/mol. The lowest BCUT2D eigenvalue weighted by molar-refractivity contribution is -0.139. The van der Waals surface area contributed by atoms with Crippen LogP contribution in [0.25, 0.3) is 21.0 Å². The van der Waals surface area contributed by atoms with Crippen LogP contribution >= 0.6 is 11.3 Å². The Bertz CT molecular complexity index is 3880. The quantitative estimate of drug-likeness (QED) is 0.0182. The van der Waals surface area contributed by atoms with E-state index in [9.17, 15) is 14.4 Å². The van der Waals surface area contributed by atoms with Gasteiger partial charge in [0.15, 0.2) is 0 Å². The smallest absolute Gasteiger partial charge is 0.330 e. The molecule has 20 nitrogen and oxygen atoms in total. The minimum atomic E-state index is -0.477. The van der Waals surface area contributed by atoms with Crippen LogP contribution < -0.4 is 19.3 Å². The van der Waals surface area contributed by atoms with Crippen LogP contribution in [0.15, 0.2) is 252 Å². The highest BCUT2D eigenvalue weighted by molar-refractivity contribution is 7.21. The van der Waals surface area contributed by atoms with Crippen LogP contribution in [-0.2, 0) is 23.9 Å². The molecule has 0 saturated carbocycles. The molecule has 0 amide bonds. The number of thiazole rings is 1. The van der Waals surface area contributed by atoms with Crippen molar-refractivity contribution in [1.29, 1.82) is 0 Å². The van der Waals surface area contributed by atoms with Gasteiger partial charge in [-0.05, 0) is 165 Å². The van der Waals surface area contributed by atoms with Crippen molar-refractivity contribution in [3.05, 3.63) is 201 Å². The first-order valence-corrected chi connectivity index (χ1v) is 27.5. The number of esters is 3. The van der Waals surface area contributed by atoms with Gasteiger partial charge in [0.2, 0.25) is 5.13 Å². The minimum Gasteiger partial charge on any atom is -0.490 e. The van der Waals surface area contributed by atoms with E-state index in [1.54, 1.807) is 36.4 Å². The third-order valence-corrected chi connectivity index (χ3v) is 12.9. The Balaban J connectivity index is 0.000000232. The predicted octanol–water partition coefficient (Wildman–Crippen LogP) is 18.3. The number of carbonyl (C=O) groups excluding carboxylic acids is 3. The summed E-state index contributed by atoms with van der Waals surface area (Å²) in [6.45, 7) is 7.31. The average Bonchev–Trinajstić information content (AvgIpc) is 4.06. The second-order valence-electron chi connectivity index (χ2n) is 18.6. The molecule has 9 aromatic rings. The molecule has 8 aromatic carbocycles.